The minimum absolute atomic E-state index is 0. The monoisotopic (exact) mass is 561 g/mol. The number of hydrogen-bond donors (Lipinski definition) is 4. The first-order valence-electron chi connectivity index (χ1n) is 13.2. The van der Waals surface area contributed by atoms with Gasteiger partial charge < -0.3 is 41.7 Å². The quantitative estimate of drug-likeness (QED) is 0.121. The SMILES string of the molecule is CNC1CCC(COC(C)C)O1.CO.CO.CO.C[CH-]C.[NH-]CCCCCCCCCCCC=O.[V+2]. The number of nitrogens with one attached hydrogen (secondary N) is 2. The fraction of sp³-hybridized carbons (Fsp3) is 0.926. The Balaban J connectivity index is -0.0000000930. The fourth-order valence-corrected chi connectivity index (χ4v) is 2.93. The van der Waals surface area contributed by atoms with Gasteiger partial charge in [0.15, 0.2) is 0 Å². The second-order valence-corrected chi connectivity index (χ2v) is 7.96. The predicted molar refractivity (Wildman–Crippen MR) is 150 cm³/mol. The first-order chi connectivity index (χ1) is 17.0. The van der Waals surface area contributed by atoms with Gasteiger partial charge in [0.1, 0.15) is 12.5 Å². The van der Waals surface area contributed by atoms with Crippen LogP contribution in [0.4, 0.5) is 0 Å². The van der Waals surface area contributed by atoms with Crippen LogP contribution in [-0.2, 0) is 32.8 Å². The topological polar surface area (TPSA) is 132 Å². The summed E-state index contributed by atoms with van der Waals surface area (Å²) in [5.41, 5.74) is 6.98. The molecule has 1 radical (unpaired) electrons. The van der Waals surface area contributed by atoms with Crippen molar-refractivity contribution in [3.05, 3.63) is 12.2 Å². The summed E-state index contributed by atoms with van der Waals surface area (Å²) < 4.78 is 11.1. The van der Waals surface area contributed by atoms with Gasteiger partial charge in [0.05, 0.1) is 18.8 Å². The second-order valence-electron chi connectivity index (χ2n) is 7.96. The Bertz CT molecular complexity index is 331. The average molecular weight is 562 g/mol. The molecule has 1 heterocycles. The van der Waals surface area contributed by atoms with Gasteiger partial charge in [-0.2, -0.15) is 20.4 Å². The van der Waals surface area contributed by atoms with E-state index < -0.39 is 0 Å². The van der Waals surface area contributed by atoms with Crippen LogP contribution in [0.15, 0.2) is 0 Å². The Hall–Kier alpha value is -0.0256. The molecule has 0 bridgehead atoms. The minimum atomic E-state index is 0. The summed E-state index contributed by atoms with van der Waals surface area (Å²) in [5.74, 6) is 0. The number of ether oxygens (including phenoxy) is 2. The fourth-order valence-electron chi connectivity index (χ4n) is 2.93. The Morgan fingerprint density at radius 2 is 1.33 bits per heavy atom. The van der Waals surface area contributed by atoms with E-state index in [0.717, 1.165) is 66.3 Å². The number of aldehydes is 1. The van der Waals surface area contributed by atoms with Crippen molar-refractivity contribution >= 4 is 6.29 Å². The number of carbonyl (C=O) groups excluding carboxylic acids is 1. The predicted octanol–water partition coefficient (Wildman–Crippen LogP) is 5.33. The molecule has 2 atom stereocenters. The third-order valence-corrected chi connectivity index (χ3v) is 4.54. The van der Waals surface area contributed by atoms with Crippen molar-refractivity contribution in [1.82, 2.24) is 5.32 Å². The van der Waals surface area contributed by atoms with Gasteiger partial charge in [-0.3, -0.25) is 5.32 Å². The molecule has 9 heteroatoms. The molecule has 2 unspecified atom stereocenters. The molecule has 1 rings (SSSR count). The van der Waals surface area contributed by atoms with Crippen LogP contribution in [-0.4, -0.2) is 81.6 Å². The van der Waals surface area contributed by atoms with Crippen molar-refractivity contribution in [2.45, 2.75) is 123 Å². The van der Waals surface area contributed by atoms with Crippen LogP contribution in [0.2, 0.25) is 0 Å². The zero-order valence-corrected chi connectivity index (χ0v) is 26.2. The number of aliphatic hydroxyl groups excluding tert-OH is 3. The molecule has 0 aromatic heterocycles. The molecule has 0 aliphatic carbocycles. The largest absolute Gasteiger partial charge is 2.00 e. The van der Waals surface area contributed by atoms with E-state index >= 15 is 0 Å². The number of carbonyl (C=O) groups is 1. The van der Waals surface area contributed by atoms with Gasteiger partial charge in [-0.1, -0.05) is 51.4 Å². The van der Waals surface area contributed by atoms with E-state index in [9.17, 15) is 4.79 Å². The molecule has 1 aliphatic rings. The molecule has 8 nitrogen and oxygen atoms in total. The Morgan fingerprint density at radius 3 is 1.67 bits per heavy atom. The van der Waals surface area contributed by atoms with Crippen molar-refractivity contribution in [1.29, 1.82) is 0 Å². The van der Waals surface area contributed by atoms with Crippen molar-refractivity contribution < 1.29 is 48.1 Å². The zero-order chi connectivity index (χ0) is 28.2. The van der Waals surface area contributed by atoms with Crippen molar-refractivity contribution in [2.75, 3.05) is 41.5 Å². The third kappa shape index (κ3) is 50.8. The van der Waals surface area contributed by atoms with Crippen molar-refractivity contribution in [2.24, 2.45) is 0 Å². The molecule has 1 saturated heterocycles. The van der Waals surface area contributed by atoms with Gasteiger partial charge in [0, 0.05) is 27.8 Å². The maximum atomic E-state index is 10.0. The third-order valence-electron chi connectivity index (χ3n) is 4.54. The zero-order valence-electron chi connectivity index (χ0n) is 24.8. The van der Waals surface area contributed by atoms with E-state index in [1.54, 1.807) is 0 Å². The van der Waals surface area contributed by atoms with E-state index in [-0.39, 0.29) is 24.8 Å². The first kappa shape index (κ1) is 49.0. The summed E-state index contributed by atoms with van der Waals surface area (Å²) in [6, 6.07) is 0. The second kappa shape index (κ2) is 51.6. The first-order valence-corrected chi connectivity index (χ1v) is 13.2. The standard InChI is InChI=1S/C12H24NO.C9H19NO2.C3H7.3CH4O.V/c13-11-9-7-5-3-1-2-4-6-8-10-12-14;1-7(2)11-6-8-4-5-9(10-3)12-8;1-3-2;3*1-2;/h12-13H,1-11H2;7-10H,4-6H2,1-3H3;3H,1-2H3;3*2H,1H3;/q-1;;-1;;;;+2. The summed E-state index contributed by atoms with van der Waals surface area (Å²) >= 11 is 0. The van der Waals surface area contributed by atoms with Gasteiger partial charge in [-0.05, 0) is 40.2 Å². The molecule has 0 aromatic rings. The Morgan fingerprint density at radius 1 is 0.917 bits per heavy atom. The van der Waals surface area contributed by atoms with Crippen LogP contribution in [0.5, 0.6) is 0 Å². The smallest absolute Gasteiger partial charge is 0.677 e. The van der Waals surface area contributed by atoms with E-state index in [2.05, 4.69) is 5.32 Å². The molecule has 1 aliphatic heterocycles. The van der Waals surface area contributed by atoms with Crippen LogP contribution in [0, 0.1) is 6.42 Å². The molecule has 0 spiro atoms. The molecule has 1 fully saturated rings. The molecule has 0 amide bonds. The molecular weight excluding hydrogens is 499 g/mol. The maximum absolute atomic E-state index is 10.0. The number of rotatable bonds is 15. The van der Waals surface area contributed by atoms with Crippen LogP contribution >= 0.6 is 0 Å². The number of aliphatic hydroxyl groups is 3. The van der Waals surface area contributed by atoms with Crippen LogP contribution < -0.4 is 5.32 Å². The van der Waals surface area contributed by atoms with E-state index in [4.69, 9.17) is 30.5 Å². The summed E-state index contributed by atoms with van der Waals surface area (Å²) in [7, 11) is 4.93. The van der Waals surface area contributed by atoms with E-state index in [1.165, 1.54) is 44.9 Å². The summed E-state index contributed by atoms with van der Waals surface area (Å²) in [5, 5.41) is 24.1. The van der Waals surface area contributed by atoms with E-state index in [1.807, 2.05) is 41.2 Å². The van der Waals surface area contributed by atoms with Crippen LogP contribution in [0.3, 0.4) is 0 Å². The molecular formula is C27H62N2O6V. The number of unbranched alkanes of at least 4 members (excludes halogenated alkanes) is 9. The van der Waals surface area contributed by atoms with Crippen molar-refractivity contribution in [3.63, 3.8) is 0 Å². The summed E-state index contributed by atoms with van der Waals surface area (Å²) in [6.45, 7) is 9.41. The number of hydrogen-bond acceptors (Lipinski definition) is 7. The molecule has 0 saturated carbocycles. The molecule has 0 aromatic carbocycles. The van der Waals surface area contributed by atoms with Gasteiger partial charge >= 0.3 is 18.6 Å². The Kier molecular flexibility index (Phi) is 70.2. The van der Waals surface area contributed by atoms with Gasteiger partial charge in [0.2, 0.25) is 0 Å². The molecule has 5 N–H and O–H groups in total. The molecule has 36 heavy (non-hydrogen) atoms. The van der Waals surface area contributed by atoms with Crippen LogP contribution in [0.1, 0.15) is 105 Å². The summed E-state index contributed by atoms with van der Waals surface area (Å²) in [6.07, 6.45) is 18.0. The van der Waals surface area contributed by atoms with Gasteiger partial charge in [-0.25, -0.2) is 0 Å². The minimum Gasteiger partial charge on any atom is -0.677 e. The maximum Gasteiger partial charge on any atom is 2.00 e. The van der Waals surface area contributed by atoms with Gasteiger partial charge in [0.25, 0.3) is 0 Å². The van der Waals surface area contributed by atoms with E-state index in [0.29, 0.717) is 18.8 Å². The molecule has 221 valence electrons. The average Bonchev–Trinajstić information content (AvgIpc) is 3.37. The normalized spacial score (nSPS) is 15.0. The van der Waals surface area contributed by atoms with Gasteiger partial charge in [-0.15, -0.1) is 0 Å². The Labute approximate surface area is 236 Å². The van der Waals surface area contributed by atoms with Crippen molar-refractivity contribution in [3.8, 4) is 0 Å². The van der Waals surface area contributed by atoms with Crippen LogP contribution in [0.25, 0.3) is 5.73 Å². The summed E-state index contributed by atoms with van der Waals surface area (Å²) in [4.78, 5) is 10.0.